The van der Waals surface area contributed by atoms with E-state index in [0.717, 1.165) is 45.1 Å². The number of hydrogen-bond acceptors (Lipinski definition) is 4. The van der Waals surface area contributed by atoms with Crippen molar-refractivity contribution in [3.05, 3.63) is 16.3 Å². The van der Waals surface area contributed by atoms with Gasteiger partial charge in [0.25, 0.3) is 0 Å². The van der Waals surface area contributed by atoms with Crippen LogP contribution in [0.5, 0.6) is 0 Å². The molecule has 0 spiro atoms. The molecule has 0 saturated carbocycles. The molecule has 1 aromatic rings. The van der Waals surface area contributed by atoms with Crippen molar-refractivity contribution in [1.29, 1.82) is 0 Å². The molecule has 0 bridgehead atoms. The van der Waals surface area contributed by atoms with Gasteiger partial charge >= 0.3 is 5.69 Å². The van der Waals surface area contributed by atoms with Crippen LogP contribution in [0.2, 0.25) is 0 Å². The molecule has 2 aliphatic rings. The topological polar surface area (TPSA) is 66.0 Å². The van der Waals surface area contributed by atoms with E-state index in [1.54, 1.807) is 4.57 Å². The molecule has 1 atom stereocenters. The Morgan fingerprint density at radius 1 is 1.47 bits per heavy atom. The first-order valence-corrected chi connectivity index (χ1v) is 6.23. The van der Waals surface area contributed by atoms with Crippen molar-refractivity contribution in [1.82, 2.24) is 25.0 Å². The van der Waals surface area contributed by atoms with Gasteiger partial charge in [-0.2, -0.15) is 5.10 Å². The maximum atomic E-state index is 11.4. The Balaban J connectivity index is 1.70. The molecule has 0 aliphatic carbocycles. The second-order valence-corrected chi connectivity index (χ2v) is 5.54. The van der Waals surface area contributed by atoms with Crippen molar-refractivity contribution in [3.63, 3.8) is 0 Å². The molecule has 1 saturated heterocycles. The van der Waals surface area contributed by atoms with Gasteiger partial charge < -0.3 is 5.32 Å². The fourth-order valence-corrected chi connectivity index (χ4v) is 2.90. The van der Waals surface area contributed by atoms with E-state index >= 15 is 0 Å². The molecule has 2 N–H and O–H groups in total. The molecule has 94 valence electrons. The van der Waals surface area contributed by atoms with Gasteiger partial charge in [-0.05, 0) is 18.4 Å². The minimum atomic E-state index is -0.0756. The van der Waals surface area contributed by atoms with Gasteiger partial charge in [0.15, 0.2) is 0 Å². The summed E-state index contributed by atoms with van der Waals surface area (Å²) in [5.41, 5.74) is 0.298. The Bertz CT molecular complexity index is 457. The van der Waals surface area contributed by atoms with Crippen molar-refractivity contribution in [2.75, 3.05) is 26.2 Å². The molecule has 1 fully saturated rings. The highest BCUT2D eigenvalue weighted by Crippen LogP contribution is 2.26. The molecule has 1 aromatic heterocycles. The molecule has 3 rings (SSSR count). The van der Waals surface area contributed by atoms with Crippen LogP contribution in [0.4, 0.5) is 0 Å². The highest BCUT2D eigenvalue weighted by atomic mass is 16.1. The van der Waals surface area contributed by atoms with Crippen LogP contribution in [0.3, 0.4) is 0 Å². The maximum absolute atomic E-state index is 11.4. The lowest BCUT2D eigenvalue weighted by Crippen LogP contribution is -2.43. The molecule has 0 amide bonds. The lowest BCUT2D eigenvalue weighted by Gasteiger charge is -2.33. The molecule has 0 radical (unpaired) electrons. The Morgan fingerprint density at radius 3 is 3.12 bits per heavy atom. The van der Waals surface area contributed by atoms with Crippen LogP contribution in [0, 0.1) is 5.41 Å². The average Bonchev–Trinajstić information content (AvgIpc) is 2.87. The summed E-state index contributed by atoms with van der Waals surface area (Å²) < 4.78 is 1.74. The van der Waals surface area contributed by atoms with Gasteiger partial charge in [-0.3, -0.25) is 9.47 Å². The van der Waals surface area contributed by atoms with Gasteiger partial charge in [0.1, 0.15) is 5.82 Å². The average molecular weight is 237 g/mol. The normalized spacial score (nSPS) is 29.5. The summed E-state index contributed by atoms with van der Waals surface area (Å²) in [7, 11) is 0. The monoisotopic (exact) mass is 237 g/mol. The van der Waals surface area contributed by atoms with Gasteiger partial charge in [-0.15, -0.1) is 0 Å². The molecule has 2 aliphatic heterocycles. The van der Waals surface area contributed by atoms with Crippen molar-refractivity contribution >= 4 is 0 Å². The number of fused-ring (bicyclic) bond motifs is 1. The van der Waals surface area contributed by atoms with Gasteiger partial charge in [-0.25, -0.2) is 9.89 Å². The Hall–Kier alpha value is -1.14. The van der Waals surface area contributed by atoms with Crippen molar-refractivity contribution < 1.29 is 0 Å². The highest BCUT2D eigenvalue weighted by Gasteiger charge is 2.32. The minimum absolute atomic E-state index is 0.0756. The van der Waals surface area contributed by atoms with E-state index in [1.165, 1.54) is 6.42 Å². The van der Waals surface area contributed by atoms with Crippen molar-refractivity contribution in [3.8, 4) is 0 Å². The molecule has 0 aromatic carbocycles. The minimum Gasteiger partial charge on any atom is -0.316 e. The quantitative estimate of drug-likeness (QED) is 0.720. The van der Waals surface area contributed by atoms with E-state index in [0.29, 0.717) is 5.41 Å². The van der Waals surface area contributed by atoms with E-state index in [9.17, 15) is 4.79 Å². The summed E-state index contributed by atoms with van der Waals surface area (Å²) in [6.45, 7) is 8.12. The van der Waals surface area contributed by atoms with Gasteiger partial charge in [0.05, 0.1) is 6.54 Å². The fourth-order valence-electron chi connectivity index (χ4n) is 2.90. The third-order valence-corrected chi connectivity index (χ3v) is 3.90. The fraction of sp³-hybridized carbons (Fsp3) is 0.818. The molecule has 6 heteroatoms. The second kappa shape index (κ2) is 3.96. The zero-order valence-corrected chi connectivity index (χ0v) is 10.2. The first kappa shape index (κ1) is 11.0. The highest BCUT2D eigenvalue weighted by molar-refractivity contribution is 4.93. The standard InChI is InChI=1S/C11H19N5O/c1-11(2-3-12-7-11)8-15-4-5-16-9(6-15)13-14-10(16)17/h12H,2-8H2,1H3,(H,14,17). The van der Waals surface area contributed by atoms with Crippen LogP contribution in [-0.4, -0.2) is 45.8 Å². The van der Waals surface area contributed by atoms with Gasteiger partial charge in [0.2, 0.25) is 0 Å². The summed E-state index contributed by atoms with van der Waals surface area (Å²) >= 11 is 0. The number of rotatable bonds is 2. The van der Waals surface area contributed by atoms with Crippen molar-refractivity contribution in [2.45, 2.75) is 26.4 Å². The van der Waals surface area contributed by atoms with Crippen LogP contribution < -0.4 is 11.0 Å². The molecule has 1 unspecified atom stereocenters. The lowest BCUT2D eigenvalue weighted by atomic mass is 9.89. The molecular formula is C11H19N5O. The lowest BCUT2D eigenvalue weighted by molar-refractivity contribution is 0.143. The number of hydrogen-bond donors (Lipinski definition) is 2. The van der Waals surface area contributed by atoms with E-state index in [1.807, 2.05) is 0 Å². The zero-order valence-electron chi connectivity index (χ0n) is 10.2. The Morgan fingerprint density at radius 2 is 2.35 bits per heavy atom. The predicted octanol–water partition coefficient (Wildman–Crippen LogP) is -0.613. The van der Waals surface area contributed by atoms with E-state index in [4.69, 9.17) is 0 Å². The number of H-pyrrole nitrogens is 1. The second-order valence-electron chi connectivity index (χ2n) is 5.54. The van der Waals surface area contributed by atoms with Gasteiger partial charge in [-0.1, -0.05) is 6.92 Å². The molecular weight excluding hydrogens is 218 g/mol. The smallest absolute Gasteiger partial charge is 0.316 e. The van der Waals surface area contributed by atoms with Crippen LogP contribution >= 0.6 is 0 Å². The van der Waals surface area contributed by atoms with E-state index in [-0.39, 0.29) is 5.69 Å². The molecule has 3 heterocycles. The first-order chi connectivity index (χ1) is 8.16. The van der Waals surface area contributed by atoms with E-state index in [2.05, 4.69) is 27.3 Å². The SMILES string of the molecule is CC1(CN2CCn3c(n[nH]c3=O)C2)CCNC1. The first-order valence-electron chi connectivity index (χ1n) is 6.23. The van der Waals surface area contributed by atoms with E-state index < -0.39 is 0 Å². The summed E-state index contributed by atoms with van der Waals surface area (Å²) in [5.74, 6) is 0.871. The van der Waals surface area contributed by atoms with Crippen LogP contribution in [0.1, 0.15) is 19.2 Å². The third kappa shape index (κ3) is 2.02. The van der Waals surface area contributed by atoms with Gasteiger partial charge in [0, 0.05) is 26.2 Å². The summed E-state index contributed by atoms with van der Waals surface area (Å²) in [5, 5.41) is 10.0. The molecule has 6 nitrogen and oxygen atoms in total. The van der Waals surface area contributed by atoms with Crippen LogP contribution in [-0.2, 0) is 13.1 Å². The summed E-state index contributed by atoms with van der Waals surface area (Å²) in [6.07, 6.45) is 1.23. The largest absolute Gasteiger partial charge is 0.343 e. The summed E-state index contributed by atoms with van der Waals surface area (Å²) in [6, 6.07) is 0. The predicted molar refractivity (Wildman–Crippen MR) is 63.7 cm³/mol. The summed E-state index contributed by atoms with van der Waals surface area (Å²) in [4.78, 5) is 13.8. The molecule has 17 heavy (non-hydrogen) atoms. The number of aromatic nitrogens is 3. The maximum Gasteiger partial charge on any atom is 0.343 e. The Labute approximate surface area is 100 Å². The van der Waals surface area contributed by atoms with Crippen molar-refractivity contribution in [2.24, 2.45) is 5.41 Å². The number of aromatic amines is 1. The number of nitrogens with one attached hydrogen (secondary N) is 2. The number of nitrogens with zero attached hydrogens (tertiary/aromatic N) is 3. The van der Waals surface area contributed by atoms with Crippen LogP contribution in [0.15, 0.2) is 4.79 Å². The third-order valence-electron chi connectivity index (χ3n) is 3.90. The zero-order chi connectivity index (χ0) is 11.9. The van der Waals surface area contributed by atoms with Crippen LogP contribution in [0.25, 0.3) is 0 Å². The Kier molecular flexibility index (Phi) is 2.56.